The van der Waals surface area contributed by atoms with Crippen LogP contribution in [0.15, 0.2) is 0 Å². The van der Waals surface area contributed by atoms with Crippen molar-refractivity contribution in [2.24, 2.45) is 17.1 Å². The molecule has 0 fully saturated rings. The van der Waals surface area contributed by atoms with E-state index >= 15 is 0 Å². The van der Waals surface area contributed by atoms with Crippen LogP contribution in [0.1, 0.15) is 101 Å². The van der Waals surface area contributed by atoms with Crippen molar-refractivity contribution in [2.45, 2.75) is 118 Å². The molecule has 2 N–H and O–H groups in total. The molecule has 0 radical (unpaired) electrons. The Balaban J connectivity index is 5.01. The molecular formula is C22H47NO2. The normalized spacial score (nSPS) is 21.2. The fourth-order valence-corrected chi connectivity index (χ4v) is 3.02. The summed E-state index contributed by atoms with van der Waals surface area (Å²) in [5.41, 5.74) is 6.11. The highest BCUT2D eigenvalue weighted by Crippen LogP contribution is 2.43. The molecule has 0 saturated carbocycles. The molecule has 3 nitrogen and oxygen atoms in total. The van der Waals surface area contributed by atoms with Crippen molar-refractivity contribution in [3.05, 3.63) is 0 Å². The summed E-state index contributed by atoms with van der Waals surface area (Å²) in [6, 6.07) is 0. The molecule has 25 heavy (non-hydrogen) atoms. The highest BCUT2D eigenvalue weighted by molar-refractivity contribution is 4.94. The highest BCUT2D eigenvalue weighted by atomic mass is 16.5. The Kier molecular flexibility index (Phi) is 9.66. The molecular weight excluding hydrogens is 310 g/mol. The van der Waals surface area contributed by atoms with Crippen LogP contribution in [-0.2, 0) is 9.47 Å². The molecule has 0 aliphatic carbocycles. The Morgan fingerprint density at radius 1 is 0.800 bits per heavy atom. The van der Waals surface area contributed by atoms with Gasteiger partial charge in [0.25, 0.3) is 0 Å². The summed E-state index contributed by atoms with van der Waals surface area (Å²) in [6.45, 7) is 23.6. The largest absolute Gasteiger partial charge is 0.376 e. The third-order valence-electron chi connectivity index (χ3n) is 7.27. The zero-order chi connectivity index (χ0) is 19.9. The van der Waals surface area contributed by atoms with Gasteiger partial charge in [-0.2, -0.15) is 0 Å². The second kappa shape index (κ2) is 9.71. The Morgan fingerprint density at radius 2 is 1.36 bits per heavy atom. The van der Waals surface area contributed by atoms with E-state index in [1.807, 2.05) is 0 Å². The van der Waals surface area contributed by atoms with Gasteiger partial charge in [-0.25, -0.2) is 0 Å². The summed E-state index contributed by atoms with van der Waals surface area (Å²) in [7, 11) is 0. The molecule has 0 aromatic carbocycles. The summed E-state index contributed by atoms with van der Waals surface area (Å²) < 4.78 is 12.7. The zero-order valence-corrected chi connectivity index (χ0v) is 18.9. The van der Waals surface area contributed by atoms with Crippen molar-refractivity contribution in [1.82, 2.24) is 0 Å². The molecule has 0 amide bonds. The summed E-state index contributed by atoms with van der Waals surface area (Å²) >= 11 is 0. The summed E-state index contributed by atoms with van der Waals surface area (Å²) in [4.78, 5) is 0. The monoisotopic (exact) mass is 357 g/mol. The van der Waals surface area contributed by atoms with Crippen LogP contribution < -0.4 is 5.73 Å². The van der Waals surface area contributed by atoms with Crippen molar-refractivity contribution < 1.29 is 9.47 Å². The smallest absolute Gasteiger partial charge is 0.0706 e. The fraction of sp³-hybridized carbons (Fsp3) is 1.00. The molecule has 4 unspecified atom stereocenters. The van der Waals surface area contributed by atoms with Gasteiger partial charge in [-0.1, -0.05) is 41.5 Å². The van der Waals surface area contributed by atoms with Crippen LogP contribution in [0.25, 0.3) is 0 Å². The lowest BCUT2D eigenvalue weighted by Gasteiger charge is -2.47. The van der Waals surface area contributed by atoms with Gasteiger partial charge in [0.2, 0.25) is 0 Å². The van der Waals surface area contributed by atoms with Crippen LogP contribution >= 0.6 is 0 Å². The first kappa shape index (κ1) is 24.9. The molecule has 0 aliphatic rings. The SMILES string of the molecule is CCC(C)(C)OCCC(C)(CC)C(C)(CC)OCC(C)C(C)(N)CC. The summed E-state index contributed by atoms with van der Waals surface area (Å²) in [5, 5.41) is 0. The average Bonchev–Trinajstić information content (AvgIpc) is 2.58. The zero-order valence-electron chi connectivity index (χ0n) is 18.9. The van der Waals surface area contributed by atoms with Crippen LogP contribution in [0.2, 0.25) is 0 Å². The van der Waals surface area contributed by atoms with Gasteiger partial charge in [-0.3, -0.25) is 0 Å². The number of hydrogen-bond acceptors (Lipinski definition) is 3. The Bertz CT molecular complexity index is 380. The highest BCUT2D eigenvalue weighted by Gasteiger charge is 2.43. The quantitative estimate of drug-likeness (QED) is 0.443. The van der Waals surface area contributed by atoms with E-state index in [0.29, 0.717) is 12.5 Å². The van der Waals surface area contributed by atoms with Crippen molar-refractivity contribution in [2.75, 3.05) is 13.2 Å². The van der Waals surface area contributed by atoms with Gasteiger partial charge < -0.3 is 15.2 Å². The minimum Gasteiger partial charge on any atom is -0.376 e. The maximum atomic E-state index is 6.56. The maximum Gasteiger partial charge on any atom is 0.0706 e. The van der Waals surface area contributed by atoms with Crippen LogP contribution in [0.4, 0.5) is 0 Å². The van der Waals surface area contributed by atoms with Crippen molar-refractivity contribution in [3.8, 4) is 0 Å². The van der Waals surface area contributed by atoms with E-state index in [2.05, 4.69) is 69.2 Å². The number of nitrogens with two attached hydrogens (primary N) is 1. The molecule has 0 aromatic heterocycles. The van der Waals surface area contributed by atoms with E-state index in [9.17, 15) is 0 Å². The molecule has 4 atom stereocenters. The predicted molar refractivity (Wildman–Crippen MR) is 110 cm³/mol. The lowest BCUT2D eigenvalue weighted by Crippen LogP contribution is -2.50. The lowest BCUT2D eigenvalue weighted by molar-refractivity contribution is -0.148. The predicted octanol–water partition coefficient (Wildman–Crippen LogP) is 5.95. The lowest BCUT2D eigenvalue weighted by atomic mass is 9.68. The molecule has 0 spiro atoms. The van der Waals surface area contributed by atoms with Crippen LogP contribution in [-0.4, -0.2) is 30.0 Å². The molecule has 0 rings (SSSR count). The molecule has 0 aliphatic heterocycles. The van der Waals surface area contributed by atoms with E-state index in [1.54, 1.807) is 0 Å². The van der Waals surface area contributed by atoms with Gasteiger partial charge in [-0.15, -0.1) is 0 Å². The standard InChI is InChI=1S/C22H47NO2/c1-11-19(6,7)24-16-15-20(8,12-2)22(10,14-4)25-17-18(5)21(9,23)13-3/h18H,11-17,23H2,1-10H3. The van der Waals surface area contributed by atoms with Crippen molar-refractivity contribution >= 4 is 0 Å². The molecule has 0 aromatic rings. The van der Waals surface area contributed by atoms with E-state index in [4.69, 9.17) is 15.2 Å². The van der Waals surface area contributed by atoms with E-state index in [-0.39, 0.29) is 22.2 Å². The average molecular weight is 358 g/mol. The topological polar surface area (TPSA) is 44.5 Å². The van der Waals surface area contributed by atoms with Crippen LogP contribution in [0.3, 0.4) is 0 Å². The first-order valence-electron chi connectivity index (χ1n) is 10.4. The second-order valence-electron chi connectivity index (χ2n) is 9.28. The molecule has 0 heterocycles. The molecule has 0 saturated heterocycles. The van der Waals surface area contributed by atoms with Gasteiger partial charge in [0.05, 0.1) is 17.8 Å². The van der Waals surface area contributed by atoms with Crippen LogP contribution in [0, 0.1) is 11.3 Å². The van der Waals surface area contributed by atoms with Gasteiger partial charge in [-0.05, 0) is 71.1 Å². The van der Waals surface area contributed by atoms with E-state index in [0.717, 1.165) is 38.7 Å². The van der Waals surface area contributed by atoms with Gasteiger partial charge in [0, 0.05) is 12.1 Å². The van der Waals surface area contributed by atoms with Crippen LogP contribution in [0.5, 0.6) is 0 Å². The molecule has 0 bridgehead atoms. The first-order chi connectivity index (χ1) is 11.3. The third-order valence-corrected chi connectivity index (χ3v) is 7.27. The van der Waals surface area contributed by atoms with Gasteiger partial charge >= 0.3 is 0 Å². The number of hydrogen-bond donors (Lipinski definition) is 1. The summed E-state index contributed by atoms with van der Waals surface area (Å²) in [5.74, 6) is 0.333. The fourth-order valence-electron chi connectivity index (χ4n) is 3.02. The Labute approximate surface area is 158 Å². The van der Waals surface area contributed by atoms with Crippen molar-refractivity contribution in [1.29, 1.82) is 0 Å². The summed E-state index contributed by atoms with van der Waals surface area (Å²) in [6.07, 6.45) is 5.08. The minimum absolute atomic E-state index is 0.0465. The first-order valence-corrected chi connectivity index (χ1v) is 10.4. The molecule has 3 heteroatoms. The van der Waals surface area contributed by atoms with Gasteiger partial charge in [0.15, 0.2) is 0 Å². The third kappa shape index (κ3) is 6.84. The number of rotatable bonds is 13. The van der Waals surface area contributed by atoms with Gasteiger partial charge in [0.1, 0.15) is 0 Å². The van der Waals surface area contributed by atoms with E-state index in [1.165, 1.54) is 0 Å². The Morgan fingerprint density at radius 3 is 1.76 bits per heavy atom. The number of ether oxygens (including phenoxy) is 2. The second-order valence-corrected chi connectivity index (χ2v) is 9.28. The van der Waals surface area contributed by atoms with E-state index < -0.39 is 0 Å². The Hall–Kier alpha value is -0.120. The molecule has 152 valence electrons. The maximum absolute atomic E-state index is 6.56. The van der Waals surface area contributed by atoms with Crippen molar-refractivity contribution in [3.63, 3.8) is 0 Å². The minimum atomic E-state index is -0.175.